The monoisotopic (exact) mass is 463 g/mol. The van der Waals surface area contributed by atoms with Gasteiger partial charge >= 0.3 is 0 Å². The van der Waals surface area contributed by atoms with Crippen LogP contribution in [0.15, 0.2) is 55.0 Å². The summed E-state index contributed by atoms with van der Waals surface area (Å²) in [5, 5.41) is 15.4. The van der Waals surface area contributed by atoms with E-state index in [-0.39, 0.29) is 17.5 Å². The number of aromatic nitrogens is 4. The molecule has 33 heavy (non-hydrogen) atoms. The van der Waals surface area contributed by atoms with Crippen LogP contribution in [0.1, 0.15) is 10.5 Å². The number of likely N-dealkylation sites (N-methyl/N-ethyl adjacent to an activating group) is 1. The van der Waals surface area contributed by atoms with Crippen LogP contribution in [0.25, 0.3) is 22.2 Å². The molecule has 0 spiro atoms. The number of amides is 1. The summed E-state index contributed by atoms with van der Waals surface area (Å²) in [7, 11) is 2.00. The molecule has 0 aliphatic carbocycles. The first-order chi connectivity index (χ1) is 16.0. The maximum Gasteiger partial charge on any atom is 0.270 e. The lowest BCUT2D eigenvalue weighted by Crippen LogP contribution is -2.57. The number of nitrogens with one attached hydrogen (secondary N) is 2. The summed E-state index contributed by atoms with van der Waals surface area (Å²) >= 11 is 6.02. The summed E-state index contributed by atoms with van der Waals surface area (Å²) in [6.45, 7) is 1.64. The first-order valence-corrected chi connectivity index (χ1v) is 10.6. The first kappa shape index (κ1) is 21.2. The van der Waals surface area contributed by atoms with Crippen LogP contribution in [0.5, 0.6) is 0 Å². The molecule has 1 fully saturated rings. The highest BCUT2D eigenvalue weighted by Crippen LogP contribution is 2.29. The second-order valence-electron chi connectivity index (χ2n) is 7.92. The zero-order valence-electron chi connectivity index (χ0n) is 17.6. The molecule has 4 heterocycles. The van der Waals surface area contributed by atoms with Gasteiger partial charge in [-0.25, -0.2) is 9.37 Å². The van der Waals surface area contributed by atoms with E-state index in [1.54, 1.807) is 30.6 Å². The molecule has 8 nitrogen and oxygen atoms in total. The summed E-state index contributed by atoms with van der Waals surface area (Å²) < 4.78 is 14.3. The fraction of sp³-hybridized carbons (Fsp3) is 0.174. The summed E-state index contributed by atoms with van der Waals surface area (Å²) in [5.41, 5.74) is 2.82. The molecule has 10 heteroatoms. The minimum Gasteiger partial charge on any atom is -0.354 e. The smallest absolute Gasteiger partial charge is 0.270 e. The number of halogens is 2. The number of hydrogen-bond acceptors (Lipinski definition) is 7. The molecule has 4 aromatic rings. The van der Waals surface area contributed by atoms with Crippen LogP contribution >= 0.6 is 11.6 Å². The lowest BCUT2D eigenvalue weighted by Gasteiger charge is -2.36. The van der Waals surface area contributed by atoms with Gasteiger partial charge in [0.05, 0.1) is 35.3 Å². The third kappa shape index (κ3) is 4.46. The Labute approximate surface area is 193 Å². The van der Waals surface area contributed by atoms with Crippen molar-refractivity contribution in [3.8, 4) is 11.3 Å². The minimum atomic E-state index is -0.445. The second-order valence-corrected chi connectivity index (χ2v) is 8.35. The molecule has 3 aromatic heterocycles. The van der Waals surface area contributed by atoms with E-state index in [0.717, 1.165) is 18.5 Å². The number of nitrogens with zero attached hydrogens (tertiary/aromatic N) is 5. The van der Waals surface area contributed by atoms with Gasteiger partial charge in [0.1, 0.15) is 11.5 Å². The predicted molar refractivity (Wildman–Crippen MR) is 124 cm³/mol. The Balaban J connectivity index is 1.44. The van der Waals surface area contributed by atoms with Gasteiger partial charge in [-0.15, -0.1) is 0 Å². The molecule has 0 saturated carbocycles. The topological polar surface area (TPSA) is 95.9 Å². The van der Waals surface area contributed by atoms with Crippen molar-refractivity contribution < 1.29 is 9.18 Å². The molecule has 1 aliphatic heterocycles. The van der Waals surface area contributed by atoms with Crippen molar-refractivity contribution in [2.75, 3.05) is 25.5 Å². The third-order valence-electron chi connectivity index (χ3n) is 5.40. The van der Waals surface area contributed by atoms with E-state index in [1.165, 1.54) is 24.4 Å². The molecule has 166 valence electrons. The van der Waals surface area contributed by atoms with E-state index in [1.807, 2.05) is 7.05 Å². The lowest BCUT2D eigenvalue weighted by atomic mass is 10.1. The van der Waals surface area contributed by atoms with Crippen molar-refractivity contribution in [1.82, 2.24) is 30.4 Å². The zero-order chi connectivity index (χ0) is 22.9. The van der Waals surface area contributed by atoms with Crippen molar-refractivity contribution >= 4 is 39.8 Å². The molecular weight excluding hydrogens is 445 g/mol. The molecule has 1 saturated heterocycles. The Morgan fingerprint density at radius 1 is 1.15 bits per heavy atom. The van der Waals surface area contributed by atoms with Gasteiger partial charge in [-0.1, -0.05) is 11.6 Å². The molecule has 1 aromatic carbocycles. The number of fused-ring (bicyclic) bond motifs is 1. The van der Waals surface area contributed by atoms with E-state index in [0.29, 0.717) is 33.3 Å². The Kier molecular flexibility index (Phi) is 5.57. The van der Waals surface area contributed by atoms with Crippen LogP contribution in [-0.4, -0.2) is 57.2 Å². The Bertz CT molecular complexity index is 1360. The fourth-order valence-electron chi connectivity index (χ4n) is 3.75. The average molecular weight is 464 g/mol. The van der Waals surface area contributed by atoms with Gasteiger partial charge in [-0.2, -0.15) is 10.2 Å². The summed E-state index contributed by atoms with van der Waals surface area (Å²) in [4.78, 5) is 23.4. The molecule has 0 bridgehead atoms. The largest absolute Gasteiger partial charge is 0.354 e. The van der Waals surface area contributed by atoms with Gasteiger partial charge in [-0.05, 0) is 43.4 Å². The maximum atomic E-state index is 14.3. The van der Waals surface area contributed by atoms with Crippen molar-refractivity contribution in [2.45, 2.75) is 6.04 Å². The van der Waals surface area contributed by atoms with Crippen LogP contribution in [0, 0.1) is 5.82 Å². The zero-order valence-corrected chi connectivity index (χ0v) is 18.3. The van der Waals surface area contributed by atoms with Crippen LogP contribution in [0.2, 0.25) is 5.02 Å². The normalized spacial score (nSPS) is 14.2. The van der Waals surface area contributed by atoms with E-state index in [9.17, 15) is 9.18 Å². The number of hydrogen-bond donors (Lipinski definition) is 2. The molecular formula is C23H19ClFN7O. The molecule has 0 atom stereocenters. The summed E-state index contributed by atoms with van der Waals surface area (Å²) in [6, 6.07) is 9.55. The number of pyridine rings is 2. The van der Waals surface area contributed by atoms with Gasteiger partial charge in [0, 0.05) is 40.9 Å². The molecule has 1 aliphatic rings. The third-order valence-corrected chi connectivity index (χ3v) is 5.63. The SMILES string of the molecule is CN1CC(NC(=O)c2cc3c(Nc4cnnc(-c5cc(Cl)ccc5F)c4)ccnc3cn2)C1. The van der Waals surface area contributed by atoms with Gasteiger partial charge in [0.25, 0.3) is 5.91 Å². The van der Waals surface area contributed by atoms with Crippen molar-refractivity contribution in [3.63, 3.8) is 0 Å². The second kappa shape index (κ2) is 8.68. The number of likely N-dealkylation sites (tertiary alicyclic amines) is 1. The van der Waals surface area contributed by atoms with E-state index >= 15 is 0 Å². The first-order valence-electron chi connectivity index (χ1n) is 10.3. The highest BCUT2D eigenvalue weighted by molar-refractivity contribution is 6.30. The number of benzene rings is 1. The maximum absolute atomic E-state index is 14.3. The number of carbonyl (C=O) groups excluding carboxylic acids is 1. The van der Waals surface area contributed by atoms with Gasteiger partial charge < -0.3 is 15.5 Å². The standard InChI is InChI=1S/C23H19ClFN7O/c1-32-11-15(12-32)30-23(33)21-8-17-19(4-5-26-22(17)10-27-21)29-14-7-20(31-28-9-14)16-6-13(24)2-3-18(16)25/h2-10,15H,11-12H2,1H3,(H,30,33)(H,26,29,31). The molecule has 0 unspecified atom stereocenters. The molecule has 2 N–H and O–H groups in total. The lowest BCUT2D eigenvalue weighted by molar-refractivity contribution is 0.0853. The van der Waals surface area contributed by atoms with Crippen molar-refractivity contribution in [3.05, 3.63) is 71.5 Å². The number of rotatable bonds is 5. The highest BCUT2D eigenvalue weighted by atomic mass is 35.5. The Morgan fingerprint density at radius 2 is 2.00 bits per heavy atom. The van der Waals surface area contributed by atoms with E-state index < -0.39 is 5.82 Å². The summed E-state index contributed by atoms with van der Waals surface area (Å²) in [6.07, 6.45) is 4.74. The number of anilines is 2. The van der Waals surface area contributed by atoms with Crippen LogP contribution in [0.4, 0.5) is 15.8 Å². The molecule has 5 rings (SSSR count). The fourth-order valence-corrected chi connectivity index (χ4v) is 3.92. The highest BCUT2D eigenvalue weighted by Gasteiger charge is 2.25. The number of carbonyl (C=O) groups is 1. The molecule has 0 radical (unpaired) electrons. The average Bonchev–Trinajstić information content (AvgIpc) is 2.80. The van der Waals surface area contributed by atoms with Gasteiger partial charge in [-0.3, -0.25) is 9.78 Å². The Hall–Kier alpha value is -3.69. The van der Waals surface area contributed by atoms with Crippen molar-refractivity contribution in [1.29, 1.82) is 0 Å². The van der Waals surface area contributed by atoms with E-state index in [2.05, 4.69) is 35.7 Å². The molecule has 1 amide bonds. The van der Waals surface area contributed by atoms with Crippen LogP contribution in [0.3, 0.4) is 0 Å². The predicted octanol–water partition coefficient (Wildman–Crippen LogP) is 3.67. The van der Waals surface area contributed by atoms with Gasteiger partial charge in [0.2, 0.25) is 0 Å². The van der Waals surface area contributed by atoms with Crippen LogP contribution < -0.4 is 10.6 Å². The van der Waals surface area contributed by atoms with Crippen molar-refractivity contribution in [2.24, 2.45) is 0 Å². The van der Waals surface area contributed by atoms with E-state index in [4.69, 9.17) is 11.6 Å². The van der Waals surface area contributed by atoms with Crippen LogP contribution in [-0.2, 0) is 0 Å². The summed E-state index contributed by atoms with van der Waals surface area (Å²) in [5.74, 6) is -0.673. The van der Waals surface area contributed by atoms with Gasteiger partial charge in [0.15, 0.2) is 0 Å². The quantitative estimate of drug-likeness (QED) is 0.466. The minimum absolute atomic E-state index is 0.125. The Morgan fingerprint density at radius 3 is 2.82 bits per heavy atom.